The second-order valence-corrected chi connectivity index (χ2v) is 2.22. The van der Waals surface area contributed by atoms with E-state index < -0.39 is 0 Å². The minimum atomic E-state index is 0.451. The van der Waals surface area contributed by atoms with E-state index in [0.29, 0.717) is 6.42 Å². The predicted octanol–water partition coefficient (Wildman–Crippen LogP) is 1.32. The molecule has 0 saturated carbocycles. The molecule has 0 fully saturated rings. The van der Waals surface area contributed by atoms with Gasteiger partial charge in [0.1, 0.15) is 6.29 Å². The van der Waals surface area contributed by atoms with E-state index in [4.69, 9.17) is 0 Å². The van der Waals surface area contributed by atoms with Crippen molar-refractivity contribution >= 4 is 12.4 Å². The molecule has 0 aromatic carbocycles. The van der Waals surface area contributed by atoms with Crippen molar-refractivity contribution in [1.82, 2.24) is 9.97 Å². The summed E-state index contributed by atoms with van der Waals surface area (Å²) in [4.78, 5) is 16.9. The maximum atomic E-state index is 9.94. The summed E-state index contributed by atoms with van der Waals surface area (Å²) >= 11 is 0. The Morgan fingerprint density at radius 1 is 1.73 bits per heavy atom. The van der Waals surface area contributed by atoms with Gasteiger partial charge in [0.25, 0.3) is 0 Å². The zero-order chi connectivity index (χ0) is 8.10. The fraction of sp³-hybridized carbons (Fsp3) is 0.250. The number of hydrogen-bond acceptors (Lipinski definition) is 2. The molecule has 0 saturated heterocycles. The molecule has 3 heteroatoms. The Bertz CT molecular complexity index is 263. The van der Waals surface area contributed by atoms with Crippen LogP contribution < -0.4 is 0 Å². The molecular weight excluding hydrogens is 140 g/mol. The highest BCUT2D eigenvalue weighted by atomic mass is 16.1. The maximum Gasteiger partial charge on any atom is 0.123 e. The number of aromatic nitrogens is 2. The second-order valence-electron chi connectivity index (χ2n) is 2.22. The Morgan fingerprint density at radius 2 is 2.55 bits per heavy atom. The Kier molecular flexibility index (Phi) is 2.60. The predicted molar refractivity (Wildman–Crippen MR) is 43.0 cm³/mol. The molecule has 0 unspecified atom stereocenters. The van der Waals surface area contributed by atoms with Crippen LogP contribution in [0.1, 0.15) is 17.8 Å². The quantitative estimate of drug-likeness (QED) is 0.660. The van der Waals surface area contributed by atoms with Crippen LogP contribution in [0.15, 0.2) is 12.4 Å². The van der Waals surface area contributed by atoms with Gasteiger partial charge in [0.2, 0.25) is 0 Å². The topological polar surface area (TPSA) is 45.8 Å². The van der Waals surface area contributed by atoms with Crippen LogP contribution in [0.4, 0.5) is 0 Å². The number of aromatic amines is 1. The molecular formula is C8H10N2O. The van der Waals surface area contributed by atoms with Gasteiger partial charge in [0, 0.05) is 12.1 Å². The Hall–Kier alpha value is -1.38. The lowest BCUT2D eigenvalue weighted by molar-refractivity contribution is -0.107. The lowest BCUT2D eigenvalue weighted by Gasteiger charge is -1.85. The third-order valence-electron chi connectivity index (χ3n) is 1.38. The van der Waals surface area contributed by atoms with Crippen LogP contribution in [0, 0.1) is 6.92 Å². The van der Waals surface area contributed by atoms with E-state index in [2.05, 4.69) is 9.97 Å². The summed E-state index contributed by atoms with van der Waals surface area (Å²) in [6.45, 7) is 1.94. The van der Waals surface area contributed by atoms with Gasteiger partial charge in [-0.25, -0.2) is 4.98 Å². The van der Waals surface area contributed by atoms with Crippen LogP contribution in [-0.4, -0.2) is 16.3 Å². The summed E-state index contributed by atoms with van der Waals surface area (Å²) in [5, 5.41) is 0. The average molecular weight is 150 g/mol. The smallest absolute Gasteiger partial charge is 0.123 e. The first-order valence-electron chi connectivity index (χ1n) is 3.44. The lowest BCUT2D eigenvalue weighted by atomic mass is 10.3. The first-order valence-corrected chi connectivity index (χ1v) is 3.44. The van der Waals surface area contributed by atoms with E-state index >= 15 is 0 Å². The summed E-state index contributed by atoms with van der Waals surface area (Å²) in [6, 6.07) is 0. The molecule has 0 radical (unpaired) electrons. The molecule has 0 aliphatic carbocycles. The van der Waals surface area contributed by atoms with Crippen molar-refractivity contribution in [3.8, 4) is 0 Å². The zero-order valence-electron chi connectivity index (χ0n) is 6.37. The van der Waals surface area contributed by atoms with Crippen molar-refractivity contribution in [2.75, 3.05) is 0 Å². The number of hydrogen-bond donors (Lipinski definition) is 1. The molecule has 1 N–H and O–H groups in total. The lowest BCUT2D eigenvalue weighted by Crippen LogP contribution is -1.75. The summed E-state index contributed by atoms with van der Waals surface area (Å²) in [7, 11) is 0. The van der Waals surface area contributed by atoms with Gasteiger partial charge < -0.3 is 9.78 Å². The van der Waals surface area contributed by atoms with E-state index in [-0.39, 0.29) is 0 Å². The first kappa shape index (κ1) is 7.72. The van der Waals surface area contributed by atoms with Crippen molar-refractivity contribution in [1.29, 1.82) is 0 Å². The first-order chi connectivity index (χ1) is 5.34. The van der Waals surface area contributed by atoms with Crippen molar-refractivity contribution in [2.45, 2.75) is 13.3 Å². The number of carbonyl (C=O) groups excluding carboxylic acids is 1. The number of imidazole rings is 1. The number of nitrogens with one attached hydrogen (secondary N) is 1. The van der Waals surface area contributed by atoms with Crippen LogP contribution in [0.25, 0.3) is 6.08 Å². The molecule has 0 atom stereocenters. The van der Waals surface area contributed by atoms with E-state index in [1.165, 1.54) is 0 Å². The Labute approximate surface area is 65.2 Å². The van der Waals surface area contributed by atoms with Crippen LogP contribution >= 0.6 is 0 Å². The summed E-state index contributed by atoms with van der Waals surface area (Å²) in [5.41, 5.74) is 1.92. The van der Waals surface area contributed by atoms with Gasteiger partial charge in [0.15, 0.2) is 0 Å². The van der Waals surface area contributed by atoms with Crippen molar-refractivity contribution < 1.29 is 4.79 Å². The van der Waals surface area contributed by atoms with E-state index in [9.17, 15) is 4.79 Å². The molecule has 1 heterocycles. The standard InChI is InChI=1S/C8H10N2O/c1-7-8(10-6-9-7)4-2-3-5-11/h2,4-6H,3H2,1H3,(H,9,10). The number of aldehydes is 1. The molecule has 0 bridgehead atoms. The minimum absolute atomic E-state index is 0.451. The van der Waals surface area contributed by atoms with Crippen LogP contribution in [-0.2, 0) is 4.79 Å². The molecule has 0 aliphatic heterocycles. The summed E-state index contributed by atoms with van der Waals surface area (Å²) in [5.74, 6) is 0. The van der Waals surface area contributed by atoms with Crippen LogP contribution in [0.5, 0.6) is 0 Å². The molecule has 0 aliphatic rings. The zero-order valence-corrected chi connectivity index (χ0v) is 6.37. The molecule has 0 amide bonds. The number of allylic oxidation sites excluding steroid dienone is 1. The van der Waals surface area contributed by atoms with E-state index in [1.54, 1.807) is 12.4 Å². The molecule has 3 nitrogen and oxygen atoms in total. The fourth-order valence-corrected chi connectivity index (χ4v) is 0.773. The van der Waals surface area contributed by atoms with Crippen LogP contribution in [0.2, 0.25) is 0 Å². The number of carbonyl (C=O) groups is 1. The van der Waals surface area contributed by atoms with Crippen molar-refractivity contribution in [3.63, 3.8) is 0 Å². The Balaban J connectivity index is 2.63. The van der Waals surface area contributed by atoms with Crippen molar-refractivity contribution in [2.24, 2.45) is 0 Å². The normalized spacial score (nSPS) is 10.6. The third-order valence-corrected chi connectivity index (χ3v) is 1.38. The largest absolute Gasteiger partial charge is 0.348 e. The Morgan fingerprint density at radius 3 is 3.09 bits per heavy atom. The fourth-order valence-electron chi connectivity index (χ4n) is 0.773. The molecule has 1 aromatic heterocycles. The van der Waals surface area contributed by atoms with Gasteiger partial charge >= 0.3 is 0 Å². The molecule has 0 spiro atoms. The van der Waals surface area contributed by atoms with Gasteiger partial charge in [-0.2, -0.15) is 0 Å². The number of rotatable bonds is 3. The monoisotopic (exact) mass is 150 g/mol. The molecule has 58 valence electrons. The molecule has 1 rings (SSSR count). The van der Waals surface area contributed by atoms with E-state index in [0.717, 1.165) is 17.7 Å². The van der Waals surface area contributed by atoms with Crippen molar-refractivity contribution in [3.05, 3.63) is 23.8 Å². The average Bonchev–Trinajstić information content (AvgIpc) is 2.37. The summed E-state index contributed by atoms with van der Waals surface area (Å²) < 4.78 is 0. The van der Waals surface area contributed by atoms with Gasteiger partial charge in [0.05, 0.1) is 12.0 Å². The van der Waals surface area contributed by atoms with E-state index in [1.807, 2.05) is 13.0 Å². The van der Waals surface area contributed by atoms with Crippen LogP contribution in [0.3, 0.4) is 0 Å². The highest BCUT2D eigenvalue weighted by Crippen LogP contribution is 2.02. The SMILES string of the molecule is Cc1[nH]cnc1C=CCC=O. The highest BCUT2D eigenvalue weighted by Gasteiger charge is 1.92. The molecule has 1 aromatic rings. The molecule has 11 heavy (non-hydrogen) atoms. The third kappa shape index (κ3) is 2.04. The van der Waals surface area contributed by atoms with Gasteiger partial charge in [-0.1, -0.05) is 6.08 Å². The highest BCUT2D eigenvalue weighted by molar-refractivity contribution is 5.57. The minimum Gasteiger partial charge on any atom is -0.348 e. The second kappa shape index (κ2) is 3.71. The van der Waals surface area contributed by atoms with Gasteiger partial charge in [-0.15, -0.1) is 0 Å². The number of nitrogens with zero attached hydrogens (tertiary/aromatic N) is 1. The van der Waals surface area contributed by atoms with Gasteiger partial charge in [-0.3, -0.25) is 0 Å². The van der Waals surface area contributed by atoms with Gasteiger partial charge in [-0.05, 0) is 13.0 Å². The maximum absolute atomic E-state index is 9.94. The number of aryl methyl sites for hydroxylation is 1. The summed E-state index contributed by atoms with van der Waals surface area (Å²) in [6.07, 6.45) is 6.57. The number of H-pyrrole nitrogens is 1.